The van der Waals surface area contributed by atoms with Gasteiger partial charge in [-0.15, -0.1) is 0 Å². The summed E-state index contributed by atoms with van der Waals surface area (Å²) in [7, 11) is 0. The molecule has 9 nitrogen and oxygen atoms in total. The Balaban J connectivity index is 0.00000274. The highest BCUT2D eigenvalue weighted by molar-refractivity contribution is 7.59. The lowest BCUT2D eigenvalue weighted by atomic mass is 10.00. The summed E-state index contributed by atoms with van der Waals surface area (Å²) in [6.45, 7) is 0.389. The quantitative estimate of drug-likeness (QED) is 0.415. The van der Waals surface area contributed by atoms with Crippen molar-refractivity contribution in [2.75, 3.05) is 17.2 Å². The second-order valence-corrected chi connectivity index (χ2v) is 7.83. The number of Topliss-reactive ketones (excluding diaryl/α,β-unsaturated/α-hetero) is 1. The van der Waals surface area contributed by atoms with E-state index >= 15 is 0 Å². The average molecular weight is 506 g/mol. The van der Waals surface area contributed by atoms with E-state index in [4.69, 9.17) is 17.3 Å². The predicted molar refractivity (Wildman–Crippen MR) is 128 cm³/mol. The summed E-state index contributed by atoms with van der Waals surface area (Å²) >= 11 is 6.22. The zero-order valence-corrected chi connectivity index (χ0v) is 19.2. The Bertz CT molecular complexity index is 1440. The first-order valence-corrected chi connectivity index (χ1v) is 10.3. The largest absolute Gasteiger partial charge is 0.368 e. The summed E-state index contributed by atoms with van der Waals surface area (Å²) in [6, 6.07) is 9.88. The highest BCUT2D eigenvalue weighted by atomic mass is 35.5. The van der Waals surface area contributed by atoms with Crippen LogP contribution in [-0.2, 0) is 0 Å². The highest BCUT2D eigenvalue weighted by Crippen LogP contribution is 2.38. The summed E-state index contributed by atoms with van der Waals surface area (Å²) in [4.78, 5) is 34.9. The maximum Gasteiger partial charge on any atom is 0.300 e. The van der Waals surface area contributed by atoms with Crippen LogP contribution in [0.4, 0.5) is 20.5 Å². The summed E-state index contributed by atoms with van der Waals surface area (Å²) in [5, 5.41) is 4.86. The van der Waals surface area contributed by atoms with Crippen molar-refractivity contribution in [3.63, 3.8) is 0 Å². The topological polar surface area (TPSA) is 111 Å². The van der Waals surface area contributed by atoms with Crippen molar-refractivity contribution in [1.82, 2.24) is 24.1 Å². The minimum Gasteiger partial charge on any atom is -0.368 e. The molecule has 0 amide bonds. The number of aromatic nitrogens is 5. The standard InChI is InChI=1S/C21H16ClF2N7O2.H2S/c22-13-6-9-30-15(13)20(33)31(11-4-2-1-3-5-11)19(28-30)14-7-8-29(14)18-12(16(32)17(23)24)10-26-21(25)27-18;/h1-6,9-10,14,17H,7-8H2,(H2,25,26,27);1H2/t14-;/m0./s1. The van der Waals surface area contributed by atoms with Gasteiger partial charge in [-0.1, -0.05) is 29.8 Å². The number of alkyl halides is 2. The number of nitrogen functional groups attached to an aromatic ring is 1. The van der Waals surface area contributed by atoms with E-state index in [9.17, 15) is 18.4 Å². The van der Waals surface area contributed by atoms with Crippen LogP contribution in [0.1, 0.15) is 28.6 Å². The van der Waals surface area contributed by atoms with Crippen molar-refractivity contribution in [2.45, 2.75) is 18.9 Å². The minimum absolute atomic E-state index is 0. The van der Waals surface area contributed by atoms with Crippen molar-refractivity contribution >= 4 is 48.2 Å². The first kappa shape index (κ1) is 23.6. The monoisotopic (exact) mass is 505 g/mol. The number of hydrogen-bond donors (Lipinski definition) is 1. The van der Waals surface area contributed by atoms with Gasteiger partial charge in [0, 0.05) is 18.9 Å². The van der Waals surface area contributed by atoms with Gasteiger partial charge in [0.05, 0.1) is 22.3 Å². The first-order chi connectivity index (χ1) is 15.9. The number of benzene rings is 1. The van der Waals surface area contributed by atoms with Crippen LogP contribution in [0.15, 0.2) is 53.6 Å². The van der Waals surface area contributed by atoms with Gasteiger partial charge in [0.2, 0.25) is 11.7 Å². The van der Waals surface area contributed by atoms with Gasteiger partial charge in [0.1, 0.15) is 11.3 Å². The van der Waals surface area contributed by atoms with E-state index in [1.165, 1.54) is 9.08 Å². The number of halogens is 3. The number of nitrogens with zero attached hydrogens (tertiary/aromatic N) is 6. The molecular formula is C21H18ClF2N7O2S. The second kappa shape index (κ2) is 9.03. The fraction of sp³-hybridized carbons (Fsp3) is 0.190. The third kappa shape index (κ3) is 3.78. The van der Waals surface area contributed by atoms with Crippen LogP contribution in [0.5, 0.6) is 0 Å². The summed E-state index contributed by atoms with van der Waals surface area (Å²) in [6.07, 6.45) is -0.134. The molecule has 13 heteroatoms. The third-order valence-corrected chi connectivity index (χ3v) is 5.82. The van der Waals surface area contributed by atoms with Crippen molar-refractivity contribution in [2.24, 2.45) is 0 Å². The molecule has 4 aromatic rings. The van der Waals surface area contributed by atoms with E-state index in [1.54, 1.807) is 41.4 Å². The van der Waals surface area contributed by atoms with E-state index in [-0.39, 0.29) is 46.9 Å². The molecular weight excluding hydrogens is 488 g/mol. The number of rotatable bonds is 5. The van der Waals surface area contributed by atoms with Crippen LogP contribution >= 0.6 is 25.1 Å². The summed E-state index contributed by atoms with van der Waals surface area (Å²) in [5.74, 6) is -1.26. The Kier molecular flexibility index (Phi) is 6.28. The van der Waals surface area contributed by atoms with Crippen LogP contribution in [0.25, 0.3) is 11.2 Å². The lowest BCUT2D eigenvalue weighted by Gasteiger charge is -2.42. The third-order valence-electron chi connectivity index (χ3n) is 5.52. The molecule has 1 atom stereocenters. The Morgan fingerprint density at radius 1 is 1.21 bits per heavy atom. The number of nitrogens with two attached hydrogens (primary N) is 1. The highest BCUT2D eigenvalue weighted by Gasteiger charge is 2.38. The molecule has 34 heavy (non-hydrogen) atoms. The molecule has 0 aliphatic carbocycles. The number of fused-ring (bicyclic) bond motifs is 1. The van der Waals surface area contributed by atoms with Crippen LogP contribution in [-0.4, -0.2) is 42.9 Å². The number of anilines is 2. The number of ketones is 1. The van der Waals surface area contributed by atoms with Crippen molar-refractivity contribution < 1.29 is 13.6 Å². The maximum absolute atomic E-state index is 13.4. The molecule has 4 heterocycles. The van der Waals surface area contributed by atoms with Gasteiger partial charge in [0.25, 0.3) is 5.56 Å². The van der Waals surface area contributed by atoms with E-state index in [1.807, 2.05) is 6.07 Å². The van der Waals surface area contributed by atoms with Crippen molar-refractivity contribution in [3.8, 4) is 5.69 Å². The molecule has 1 saturated heterocycles. The molecule has 3 aromatic heterocycles. The van der Waals surface area contributed by atoms with Crippen molar-refractivity contribution in [3.05, 3.63) is 75.6 Å². The molecule has 5 rings (SSSR count). The van der Waals surface area contributed by atoms with E-state index < -0.39 is 18.3 Å². The van der Waals surface area contributed by atoms with Crippen LogP contribution in [0, 0.1) is 0 Å². The molecule has 0 spiro atoms. The van der Waals surface area contributed by atoms with Gasteiger partial charge in [-0.05, 0) is 24.6 Å². The summed E-state index contributed by atoms with van der Waals surface area (Å²) < 4.78 is 29.2. The van der Waals surface area contributed by atoms with E-state index in [2.05, 4.69) is 15.1 Å². The molecule has 176 valence electrons. The molecule has 0 bridgehead atoms. The second-order valence-electron chi connectivity index (χ2n) is 7.42. The van der Waals surface area contributed by atoms with Gasteiger partial charge >= 0.3 is 6.43 Å². The van der Waals surface area contributed by atoms with Gasteiger partial charge in [-0.25, -0.2) is 18.3 Å². The Morgan fingerprint density at radius 3 is 2.59 bits per heavy atom. The predicted octanol–water partition coefficient (Wildman–Crippen LogP) is 3.02. The Morgan fingerprint density at radius 2 is 1.94 bits per heavy atom. The molecule has 2 N–H and O–H groups in total. The molecule has 1 fully saturated rings. The molecule has 0 unspecified atom stereocenters. The molecule has 0 saturated carbocycles. The normalized spacial score (nSPS) is 15.3. The minimum atomic E-state index is -3.23. The maximum atomic E-state index is 13.4. The van der Waals surface area contributed by atoms with Gasteiger partial charge in [0.15, 0.2) is 5.82 Å². The SMILES string of the molecule is Nc1ncc(C(=O)C(F)F)c(N2CC[C@H]2c2nn3ccc(Cl)c3c(=O)n2-c2ccccc2)n1.S. The van der Waals surface area contributed by atoms with Gasteiger partial charge < -0.3 is 10.6 Å². The fourth-order valence-corrected chi connectivity index (χ4v) is 4.12. The summed E-state index contributed by atoms with van der Waals surface area (Å²) in [5.41, 5.74) is 5.72. The zero-order valence-electron chi connectivity index (χ0n) is 17.4. The van der Waals surface area contributed by atoms with E-state index in [0.717, 1.165) is 6.20 Å². The zero-order chi connectivity index (χ0) is 23.3. The average Bonchev–Trinajstić information content (AvgIpc) is 3.14. The smallest absolute Gasteiger partial charge is 0.300 e. The Hall–Kier alpha value is -3.51. The van der Waals surface area contributed by atoms with Crippen LogP contribution in [0.2, 0.25) is 5.02 Å². The fourth-order valence-electron chi connectivity index (χ4n) is 3.90. The van der Waals surface area contributed by atoms with Crippen molar-refractivity contribution in [1.29, 1.82) is 0 Å². The lowest BCUT2D eigenvalue weighted by molar-refractivity contribution is 0.0678. The molecule has 1 aliphatic heterocycles. The molecule has 0 radical (unpaired) electrons. The van der Waals surface area contributed by atoms with Gasteiger partial charge in [-0.2, -0.15) is 23.6 Å². The number of carbonyl (C=O) groups is 1. The van der Waals surface area contributed by atoms with Gasteiger partial charge in [-0.3, -0.25) is 14.2 Å². The molecule has 1 aliphatic rings. The van der Waals surface area contributed by atoms with Crippen LogP contribution < -0.4 is 16.2 Å². The lowest BCUT2D eigenvalue weighted by Crippen LogP contribution is -2.46. The first-order valence-electron chi connectivity index (χ1n) is 9.93. The van der Waals surface area contributed by atoms with E-state index in [0.29, 0.717) is 24.5 Å². The van der Waals surface area contributed by atoms with Crippen LogP contribution in [0.3, 0.4) is 0 Å². The number of hydrogen-bond acceptors (Lipinski definition) is 7. The number of carbonyl (C=O) groups excluding carboxylic acids is 1. The Labute approximate surface area is 203 Å². The number of para-hydroxylation sites is 1. The molecule has 1 aromatic carbocycles.